The highest BCUT2D eigenvalue weighted by atomic mass is 32.1. The second-order valence-corrected chi connectivity index (χ2v) is 4.61. The summed E-state index contributed by atoms with van der Waals surface area (Å²) in [6.07, 6.45) is 2.21. The molecule has 2 heterocycles. The molecule has 0 fully saturated rings. The monoisotopic (exact) mass is 267 g/mol. The number of carboxylic acids is 1. The third-order valence-electron chi connectivity index (χ3n) is 2.21. The van der Waals surface area contributed by atoms with Crippen LogP contribution in [-0.2, 0) is 17.8 Å². The topological polar surface area (TPSA) is 88.2 Å². The Hall–Kier alpha value is -1.89. The highest BCUT2D eigenvalue weighted by Crippen LogP contribution is 2.17. The molecule has 0 radical (unpaired) electrons. The fourth-order valence-corrected chi connectivity index (χ4v) is 2.12. The van der Waals surface area contributed by atoms with Gasteiger partial charge in [-0.25, -0.2) is 9.97 Å². The first-order valence-electron chi connectivity index (χ1n) is 5.45. The predicted molar refractivity (Wildman–Crippen MR) is 66.6 cm³/mol. The summed E-state index contributed by atoms with van der Waals surface area (Å²) in [5.74, 6) is 0.565. The fraction of sp³-hybridized carbons (Fsp3) is 0.364. The van der Waals surface area contributed by atoms with Gasteiger partial charge in [-0.15, -0.1) is 11.3 Å². The van der Waals surface area contributed by atoms with Crippen molar-refractivity contribution >= 4 is 22.4 Å². The molecule has 18 heavy (non-hydrogen) atoms. The van der Waals surface area contributed by atoms with Crippen LogP contribution in [0.2, 0.25) is 0 Å². The van der Waals surface area contributed by atoms with Gasteiger partial charge >= 0.3 is 5.97 Å². The summed E-state index contributed by atoms with van der Waals surface area (Å²) >= 11 is 1.44. The Bertz CT molecular complexity index is 535. The number of carbonyl (C=O) groups is 1. The summed E-state index contributed by atoms with van der Waals surface area (Å²) in [5.41, 5.74) is 0.786. The van der Waals surface area contributed by atoms with E-state index >= 15 is 0 Å². The molecule has 0 saturated carbocycles. The number of nitrogens with one attached hydrogen (secondary N) is 1. The van der Waals surface area contributed by atoms with Crippen molar-refractivity contribution in [2.45, 2.75) is 26.3 Å². The second-order valence-electron chi connectivity index (χ2n) is 3.76. The first kappa shape index (κ1) is 12.6. The van der Waals surface area contributed by atoms with E-state index in [0.29, 0.717) is 18.9 Å². The zero-order valence-electron chi connectivity index (χ0n) is 9.84. The zero-order chi connectivity index (χ0) is 13.0. The molecule has 0 spiro atoms. The minimum atomic E-state index is -0.812. The number of carboxylic acid groups (broad SMARTS) is 1. The molecule has 0 saturated heterocycles. The Kier molecular flexibility index (Phi) is 3.93. The van der Waals surface area contributed by atoms with Crippen LogP contribution < -0.4 is 5.32 Å². The van der Waals surface area contributed by atoms with Gasteiger partial charge in [0.25, 0.3) is 0 Å². The number of thiazole rings is 1. The number of aromatic nitrogens is 2. The molecular formula is C11H13N3O3S. The number of anilines is 1. The minimum Gasteiger partial charge on any atom is -0.481 e. The van der Waals surface area contributed by atoms with Crippen LogP contribution in [-0.4, -0.2) is 21.0 Å². The molecule has 2 aromatic heterocycles. The molecule has 0 aliphatic carbocycles. The molecule has 0 aliphatic heterocycles. The zero-order valence-corrected chi connectivity index (χ0v) is 10.7. The Balaban J connectivity index is 1.84. The summed E-state index contributed by atoms with van der Waals surface area (Å²) in [6.45, 7) is 2.31. The van der Waals surface area contributed by atoms with Crippen LogP contribution in [0.25, 0.3) is 0 Å². The number of aryl methyl sites for hydroxylation is 2. The van der Waals surface area contributed by atoms with E-state index < -0.39 is 5.97 Å². The van der Waals surface area contributed by atoms with Crippen molar-refractivity contribution < 1.29 is 14.3 Å². The molecule has 6 nitrogen and oxygen atoms in total. The first-order valence-corrected chi connectivity index (χ1v) is 6.33. The van der Waals surface area contributed by atoms with Gasteiger partial charge in [-0.05, 0) is 6.92 Å². The molecular weight excluding hydrogens is 254 g/mol. The Morgan fingerprint density at radius 1 is 1.61 bits per heavy atom. The predicted octanol–water partition coefficient (Wildman–Crippen LogP) is 2.07. The lowest BCUT2D eigenvalue weighted by Crippen LogP contribution is -2.00. The van der Waals surface area contributed by atoms with Gasteiger partial charge in [-0.2, -0.15) is 0 Å². The molecule has 0 atom stereocenters. The van der Waals surface area contributed by atoms with E-state index in [1.807, 2.05) is 12.3 Å². The van der Waals surface area contributed by atoms with Crippen LogP contribution in [0, 0.1) is 6.92 Å². The van der Waals surface area contributed by atoms with Crippen molar-refractivity contribution in [2.24, 2.45) is 0 Å². The molecule has 7 heteroatoms. The molecule has 2 rings (SSSR count). The highest BCUT2D eigenvalue weighted by molar-refractivity contribution is 7.13. The Morgan fingerprint density at radius 2 is 2.44 bits per heavy atom. The Morgan fingerprint density at radius 3 is 3.11 bits per heavy atom. The molecule has 2 aromatic rings. The fourth-order valence-electron chi connectivity index (χ4n) is 1.37. The van der Waals surface area contributed by atoms with Crippen molar-refractivity contribution in [3.05, 3.63) is 28.9 Å². The third kappa shape index (κ3) is 3.56. The van der Waals surface area contributed by atoms with E-state index in [1.54, 1.807) is 6.20 Å². The van der Waals surface area contributed by atoms with Crippen molar-refractivity contribution in [1.82, 2.24) is 9.97 Å². The van der Waals surface area contributed by atoms with E-state index in [-0.39, 0.29) is 6.42 Å². The lowest BCUT2D eigenvalue weighted by molar-refractivity contribution is -0.136. The summed E-state index contributed by atoms with van der Waals surface area (Å²) in [6, 6.07) is 0. The van der Waals surface area contributed by atoms with Crippen LogP contribution in [0.15, 0.2) is 16.0 Å². The van der Waals surface area contributed by atoms with Crippen LogP contribution in [0.4, 0.5) is 5.13 Å². The lowest BCUT2D eigenvalue weighted by Gasteiger charge is -1.97. The van der Waals surface area contributed by atoms with Crippen molar-refractivity contribution in [3.8, 4) is 0 Å². The van der Waals surface area contributed by atoms with E-state index in [1.165, 1.54) is 11.3 Å². The average molecular weight is 267 g/mol. The number of hydrogen-bond donors (Lipinski definition) is 2. The van der Waals surface area contributed by atoms with E-state index in [4.69, 9.17) is 9.52 Å². The summed E-state index contributed by atoms with van der Waals surface area (Å²) < 4.78 is 5.32. The first-order chi connectivity index (χ1) is 8.63. The van der Waals surface area contributed by atoms with Gasteiger partial charge < -0.3 is 14.8 Å². The van der Waals surface area contributed by atoms with E-state index in [2.05, 4.69) is 15.3 Å². The highest BCUT2D eigenvalue weighted by Gasteiger charge is 2.06. The molecule has 0 aliphatic rings. The number of hydrogen-bond acceptors (Lipinski definition) is 6. The second kappa shape index (κ2) is 5.63. The maximum atomic E-state index is 10.4. The van der Waals surface area contributed by atoms with Crippen molar-refractivity contribution in [2.75, 3.05) is 5.32 Å². The van der Waals surface area contributed by atoms with Gasteiger partial charge in [0.1, 0.15) is 5.76 Å². The largest absolute Gasteiger partial charge is 0.481 e. The molecule has 0 bridgehead atoms. The number of rotatable bonds is 6. The van der Waals surface area contributed by atoms with Crippen LogP contribution in [0.5, 0.6) is 0 Å². The standard InChI is InChI=1S/C11H13N3O3S/c1-7-4-12-9(17-7)5-13-11-14-8(6-18-11)2-3-10(15)16/h4,6H,2-3,5H2,1H3,(H,13,14)(H,15,16). The van der Waals surface area contributed by atoms with Crippen molar-refractivity contribution in [3.63, 3.8) is 0 Å². The molecule has 0 amide bonds. The van der Waals surface area contributed by atoms with Gasteiger partial charge in [0.05, 0.1) is 24.9 Å². The molecule has 0 aromatic carbocycles. The maximum Gasteiger partial charge on any atom is 0.303 e. The smallest absolute Gasteiger partial charge is 0.303 e. The van der Waals surface area contributed by atoms with Crippen LogP contribution >= 0.6 is 11.3 Å². The minimum absolute atomic E-state index is 0.0993. The average Bonchev–Trinajstić information content (AvgIpc) is 2.93. The van der Waals surface area contributed by atoms with Gasteiger partial charge in [0.2, 0.25) is 5.89 Å². The lowest BCUT2D eigenvalue weighted by atomic mass is 10.2. The number of nitrogens with zero attached hydrogens (tertiary/aromatic N) is 2. The van der Waals surface area contributed by atoms with E-state index in [0.717, 1.165) is 16.6 Å². The number of aliphatic carboxylic acids is 1. The van der Waals surface area contributed by atoms with Crippen molar-refractivity contribution in [1.29, 1.82) is 0 Å². The number of oxazole rings is 1. The van der Waals surface area contributed by atoms with E-state index in [9.17, 15) is 4.79 Å². The molecule has 96 valence electrons. The van der Waals surface area contributed by atoms with Gasteiger partial charge in [0.15, 0.2) is 5.13 Å². The van der Waals surface area contributed by atoms with Gasteiger partial charge in [0, 0.05) is 11.8 Å². The summed E-state index contributed by atoms with van der Waals surface area (Å²) in [7, 11) is 0. The van der Waals surface area contributed by atoms with Crippen LogP contribution in [0.1, 0.15) is 23.8 Å². The van der Waals surface area contributed by atoms with Crippen LogP contribution in [0.3, 0.4) is 0 Å². The quantitative estimate of drug-likeness (QED) is 0.833. The third-order valence-corrected chi connectivity index (χ3v) is 3.06. The SMILES string of the molecule is Cc1cnc(CNc2nc(CCC(=O)O)cs2)o1. The van der Waals surface area contributed by atoms with Gasteiger partial charge in [-0.3, -0.25) is 4.79 Å². The normalized spacial score (nSPS) is 10.5. The molecule has 0 unspecified atom stereocenters. The maximum absolute atomic E-state index is 10.4. The Labute approximate surface area is 108 Å². The molecule has 2 N–H and O–H groups in total. The van der Waals surface area contributed by atoms with Gasteiger partial charge in [-0.1, -0.05) is 0 Å². The summed E-state index contributed by atoms with van der Waals surface area (Å²) in [5, 5.41) is 14.3. The summed E-state index contributed by atoms with van der Waals surface area (Å²) in [4.78, 5) is 18.8.